The lowest BCUT2D eigenvalue weighted by Gasteiger charge is -2.26. The van der Waals surface area contributed by atoms with E-state index < -0.39 is 12.0 Å². The van der Waals surface area contributed by atoms with Gasteiger partial charge in [0.1, 0.15) is 12.4 Å². The van der Waals surface area contributed by atoms with Gasteiger partial charge < -0.3 is 18.9 Å². The monoisotopic (exact) mass is 744 g/mol. The van der Waals surface area contributed by atoms with Gasteiger partial charge in [-0.15, -0.1) is 0 Å². The molecule has 244 valence electrons. The Bertz CT molecular complexity index is 2200. The number of hydrogen-bond acceptors (Lipinski definition) is 8. The summed E-state index contributed by atoms with van der Waals surface area (Å²) in [4.78, 5) is 33.3. The molecule has 0 radical (unpaired) electrons. The van der Waals surface area contributed by atoms with Crippen molar-refractivity contribution in [3.05, 3.63) is 148 Å². The van der Waals surface area contributed by atoms with Crippen LogP contribution in [-0.2, 0) is 16.1 Å². The minimum atomic E-state index is -0.801. The summed E-state index contributed by atoms with van der Waals surface area (Å²) in [5.41, 5.74) is 3.40. The molecule has 11 heteroatoms. The van der Waals surface area contributed by atoms with Gasteiger partial charge in [0.25, 0.3) is 5.56 Å². The lowest BCUT2D eigenvalue weighted by atomic mass is 9.93. The van der Waals surface area contributed by atoms with E-state index in [1.165, 1.54) is 11.3 Å². The topological polar surface area (TPSA) is 88.4 Å². The number of fused-ring (bicyclic) bond motifs is 1. The Morgan fingerprint density at radius 2 is 1.73 bits per heavy atom. The molecular formula is C37H30BrClN2O6S. The number of carbonyl (C=O) groups is 1. The van der Waals surface area contributed by atoms with E-state index in [-0.39, 0.29) is 24.3 Å². The normalized spacial score (nSPS) is 14.3. The van der Waals surface area contributed by atoms with Gasteiger partial charge in [0.05, 0.1) is 47.1 Å². The quantitative estimate of drug-likeness (QED) is 0.144. The van der Waals surface area contributed by atoms with Crippen molar-refractivity contribution in [3.8, 4) is 17.2 Å². The third-order valence-electron chi connectivity index (χ3n) is 7.68. The maximum Gasteiger partial charge on any atom is 0.338 e. The zero-order chi connectivity index (χ0) is 33.8. The molecular weight excluding hydrogens is 716 g/mol. The molecule has 0 bridgehead atoms. The highest BCUT2D eigenvalue weighted by Crippen LogP contribution is 2.38. The Kier molecular flexibility index (Phi) is 10.1. The van der Waals surface area contributed by atoms with Crippen molar-refractivity contribution in [2.45, 2.75) is 19.6 Å². The smallest absolute Gasteiger partial charge is 0.338 e. The van der Waals surface area contributed by atoms with Crippen LogP contribution in [0, 0.1) is 0 Å². The number of benzene rings is 4. The summed E-state index contributed by atoms with van der Waals surface area (Å²) in [7, 11) is 3.14. The van der Waals surface area contributed by atoms with E-state index in [4.69, 9.17) is 35.5 Å². The molecule has 0 aliphatic carbocycles. The summed E-state index contributed by atoms with van der Waals surface area (Å²) in [6, 6.07) is 27.0. The molecule has 0 fully saturated rings. The van der Waals surface area contributed by atoms with Crippen LogP contribution in [0.25, 0.3) is 11.8 Å². The first-order chi connectivity index (χ1) is 23.3. The number of ether oxygens (including phenoxy) is 4. The van der Waals surface area contributed by atoms with Crippen molar-refractivity contribution in [2.24, 2.45) is 4.99 Å². The first-order valence-corrected chi connectivity index (χ1v) is 17.0. The van der Waals surface area contributed by atoms with Gasteiger partial charge in [0.2, 0.25) is 0 Å². The fourth-order valence-corrected chi connectivity index (χ4v) is 7.19. The SMILES string of the molecule is CCOC(=O)C1=C(c2ccccc2)N=c2s/c(=C\c3cc(Br)c(OCc4ccccc4Cl)c(OC)c3)c(=O)n2[C@@H]1c1ccc(OC)cc1. The average Bonchev–Trinajstić information content (AvgIpc) is 3.41. The summed E-state index contributed by atoms with van der Waals surface area (Å²) < 4.78 is 25.3. The summed E-state index contributed by atoms with van der Waals surface area (Å²) >= 11 is 11.2. The molecule has 5 aromatic rings. The lowest BCUT2D eigenvalue weighted by Crippen LogP contribution is -2.40. The molecule has 0 spiro atoms. The maximum absolute atomic E-state index is 14.3. The van der Waals surface area contributed by atoms with Crippen LogP contribution in [0.1, 0.15) is 35.2 Å². The Morgan fingerprint density at radius 1 is 1.00 bits per heavy atom. The van der Waals surface area contributed by atoms with Gasteiger partial charge in [-0.25, -0.2) is 9.79 Å². The van der Waals surface area contributed by atoms with E-state index in [9.17, 15) is 9.59 Å². The number of halogens is 2. The van der Waals surface area contributed by atoms with E-state index in [2.05, 4.69) is 15.9 Å². The summed E-state index contributed by atoms with van der Waals surface area (Å²) in [6.45, 7) is 2.15. The molecule has 1 aliphatic rings. The van der Waals surface area contributed by atoms with Crippen LogP contribution >= 0.6 is 38.9 Å². The molecule has 0 saturated carbocycles. The van der Waals surface area contributed by atoms with E-state index in [0.29, 0.717) is 52.9 Å². The molecule has 0 amide bonds. The third-order valence-corrected chi connectivity index (χ3v) is 9.63. The highest BCUT2D eigenvalue weighted by molar-refractivity contribution is 9.10. The highest BCUT2D eigenvalue weighted by Gasteiger charge is 2.35. The minimum Gasteiger partial charge on any atom is -0.497 e. The first kappa shape index (κ1) is 33.3. The van der Waals surface area contributed by atoms with Crippen LogP contribution in [0.4, 0.5) is 0 Å². The Balaban J connectivity index is 1.50. The van der Waals surface area contributed by atoms with Crippen molar-refractivity contribution in [1.29, 1.82) is 0 Å². The second-order valence-corrected chi connectivity index (χ2v) is 12.9. The largest absolute Gasteiger partial charge is 0.497 e. The fourth-order valence-electron chi connectivity index (χ4n) is 5.42. The fraction of sp³-hybridized carbons (Fsp3) is 0.162. The average molecular weight is 746 g/mol. The number of hydrogen-bond donors (Lipinski definition) is 0. The molecule has 1 atom stereocenters. The van der Waals surface area contributed by atoms with Crippen molar-refractivity contribution in [1.82, 2.24) is 4.57 Å². The molecule has 0 unspecified atom stereocenters. The Labute approximate surface area is 294 Å². The predicted molar refractivity (Wildman–Crippen MR) is 191 cm³/mol. The number of esters is 1. The third kappa shape index (κ3) is 6.69. The zero-order valence-corrected chi connectivity index (χ0v) is 29.4. The summed E-state index contributed by atoms with van der Waals surface area (Å²) in [6.07, 6.45) is 1.77. The number of aromatic nitrogens is 1. The van der Waals surface area contributed by atoms with Crippen molar-refractivity contribution in [3.63, 3.8) is 0 Å². The highest BCUT2D eigenvalue weighted by atomic mass is 79.9. The molecule has 48 heavy (non-hydrogen) atoms. The number of methoxy groups -OCH3 is 2. The van der Waals surface area contributed by atoms with Gasteiger partial charge >= 0.3 is 5.97 Å². The van der Waals surface area contributed by atoms with Crippen LogP contribution < -0.4 is 29.1 Å². The number of carbonyl (C=O) groups excluding carboxylic acids is 1. The van der Waals surface area contributed by atoms with E-state index in [1.807, 2.05) is 72.8 Å². The number of rotatable bonds is 10. The molecule has 0 saturated heterocycles. The zero-order valence-electron chi connectivity index (χ0n) is 26.2. The minimum absolute atomic E-state index is 0.166. The molecule has 1 aromatic heterocycles. The van der Waals surface area contributed by atoms with Crippen LogP contribution in [-0.4, -0.2) is 31.4 Å². The lowest BCUT2D eigenvalue weighted by molar-refractivity contribution is -0.138. The molecule has 8 nitrogen and oxygen atoms in total. The van der Waals surface area contributed by atoms with Crippen LogP contribution in [0.2, 0.25) is 5.02 Å². The van der Waals surface area contributed by atoms with Crippen molar-refractivity contribution in [2.75, 3.05) is 20.8 Å². The Morgan fingerprint density at radius 3 is 2.42 bits per heavy atom. The number of thiazole rings is 1. The van der Waals surface area contributed by atoms with Gasteiger partial charge in [-0.2, -0.15) is 0 Å². The van der Waals surface area contributed by atoms with Crippen molar-refractivity contribution < 1.29 is 23.7 Å². The van der Waals surface area contributed by atoms with E-state index in [0.717, 1.165) is 11.1 Å². The van der Waals surface area contributed by atoms with E-state index >= 15 is 0 Å². The molecule has 6 rings (SSSR count). The number of nitrogens with zero attached hydrogens (tertiary/aromatic N) is 2. The molecule has 0 N–H and O–H groups in total. The molecule has 4 aromatic carbocycles. The summed E-state index contributed by atoms with van der Waals surface area (Å²) in [5, 5.41) is 0.606. The van der Waals surface area contributed by atoms with E-state index in [1.54, 1.807) is 50.0 Å². The van der Waals surface area contributed by atoms with Crippen LogP contribution in [0.5, 0.6) is 17.2 Å². The van der Waals surface area contributed by atoms with Gasteiger partial charge in [-0.05, 0) is 70.4 Å². The van der Waals surface area contributed by atoms with Gasteiger partial charge in [-0.1, -0.05) is 83.6 Å². The second-order valence-electron chi connectivity index (χ2n) is 10.6. The van der Waals surface area contributed by atoms with Crippen LogP contribution in [0.15, 0.2) is 111 Å². The standard InChI is InChI=1S/C37H30BrClN2O6S/c1-4-46-36(43)31-32(23-10-6-5-7-11-23)40-37-41(33(31)24-14-16-26(44-2)17-15-24)35(42)30(48-37)20-22-18-27(38)34(29(19-22)45-3)47-21-25-12-8-9-13-28(25)39/h5-20,33H,4,21H2,1-3H3/b30-20-/t33-/m1/s1. The van der Waals surface area contributed by atoms with Crippen LogP contribution in [0.3, 0.4) is 0 Å². The van der Waals surface area contributed by atoms with Gasteiger partial charge in [-0.3, -0.25) is 9.36 Å². The summed E-state index contributed by atoms with van der Waals surface area (Å²) in [5.74, 6) is 1.08. The second kappa shape index (κ2) is 14.6. The van der Waals surface area contributed by atoms with Gasteiger partial charge in [0, 0.05) is 16.1 Å². The van der Waals surface area contributed by atoms with Crippen molar-refractivity contribution >= 4 is 56.6 Å². The van der Waals surface area contributed by atoms with Gasteiger partial charge in [0.15, 0.2) is 16.3 Å². The first-order valence-electron chi connectivity index (χ1n) is 15.0. The predicted octanol–water partition coefficient (Wildman–Crippen LogP) is 6.95. The maximum atomic E-state index is 14.3. The molecule has 1 aliphatic heterocycles. The molecule has 2 heterocycles. The Hall–Kier alpha value is -4.64.